The first-order valence-corrected chi connectivity index (χ1v) is 10.5. The second-order valence-corrected chi connectivity index (χ2v) is 7.64. The van der Waals surface area contributed by atoms with E-state index in [0.29, 0.717) is 34.2 Å². The Morgan fingerprint density at radius 1 is 0.971 bits per heavy atom. The van der Waals surface area contributed by atoms with Gasteiger partial charge in [0.25, 0.3) is 5.91 Å². The van der Waals surface area contributed by atoms with Gasteiger partial charge in [0.05, 0.1) is 19.9 Å². The number of rotatable bonds is 6. The van der Waals surface area contributed by atoms with Gasteiger partial charge < -0.3 is 18.9 Å². The summed E-state index contributed by atoms with van der Waals surface area (Å²) in [5.74, 6) is 2.18. The quantitative estimate of drug-likeness (QED) is 0.546. The molecule has 1 amide bonds. The van der Waals surface area contributed by atoms with Gasteiger partial charge in [-0.15, -0.1) is 0 Å². The van der Waals surface area contributed by atoms with Crippen LogP contribution in [0.3, 0.4) is 0 Å². The molecular formula is C25H22N4O5. The molecule has 5 rings (SSSR count). The van der Waals surface area contributed by atoms with Gasteiger partial charge in [-0.05, 0) is 60.0 Å². The summed E-state index contributed by atoms with van der Waals surface area (Å²) < 4.78 is 21.6. The SMILES string of the molecule is COc1ccc(C2=NNC(=O)/C2=N/Nc2ccc(C)c(-c3ccc4c(c3)OCO4)c2)c(OC)c1. The summed E-state index contributed by atoms with van der Waals surface area (Å²) in [4.78, 5) is 12.5. The summed E-state index contributed by atoms with van der Waals surface area (Å²) in [6, 6.07) is 16.9. The fourth-order valence-corrected chi connectivity index (χ4v) is 3.79. The van der Waals surface area contributed by atoms with E-state index >= 15 is 0 Å². The summed E-state index contributed by atoms with van der Waals surface area (Å²) >= 11 is 0. The number of ether oxygens (including phenoxy) is 4. The average Bonchev–Trinajstić information content (AvgIpc) is 3.48. The molecule has 0 radical (unpaired) electrons. The predicted octanol–water partition coefficient (Wildman–Crippen LogP) is 3.71. The number of aryl methyl sites for hydroxylation is 1. The van der Waals surface area contributed by atoms with Crippen molar-refractivity contribution in [2.45, 2.75) is 6.92 Å². The number of fused-ring (bicyclic) bond motifs is 1. The van der Waals surface area contributed by atoms with E-state index in [9.17, 15) is 4.79 Å². The van der Waals surface area contributed by atoms with Crippen LogP contribution in [0.4, 0.5) is 5.69 Å². The number of benzene rings is 3. The van der Waals surface area contributed by atoms with Crippen LogP contribution in [0.25, 0.3) is 11.1 Å². The van der Waals surface area contributed by atoms with E-state index in [0.717, 1.165) is 22.4 Å². The lowest BCUT2D eigenvalue weighted by Crippen LogP contribution is -2.25. The number of hydrogen-bond acceptors (Lipinski definition) is 8. The zero-order valence-corrected chi connectivity index (χ0v) is 18.8. The largest absolute Gasteiger partial charge is 0.497 e. The maximum Gasteiger partial charge on any atom is 0.294 e. The van der Waals surface area contributed by atoms with Crippen LogP contribution < -0.4 is 29.8 Å². The topological polar surface area (TPSA) is 103 Å². The fourth-order valence-electron chi connectivity index (χ4n) is 3.79. The number of hydrogen-bond donors (Lipinski definition) is 2. The molecule has 0 fully saturated rings. The van der Waals surface area contributed by atoms with Gasteiger partial charge in [0.1, 0.15) is 17.2 Å². The van der Waals surface area contributed by atoms with Crippen LogP contribution in [0.5, 0.6) is 23.0 Å². The van der Waals surface area contributed by atoms with Gasteiger partial charge in [-0.2, -0.15) is 10.2 Å². The normalized spacial score (nSPS) is 15.2. The summed E-state index contributed by atoms with van der Waals surface area (Å²) in [6.07, 6.45) is 0. The number of nitrogens with one attached hydrogen (secondary N) is 2. The lowest BCUT2D eigenvalue weighted by Gasteiger charge is -2.11. The molecule has 2 aliphatic heterocycles. The first-order valence-electron chi connectivity index (χ1n) is 10.5. The van der Waals surface area contributed by atoms with Crippen LogP contribution in [0, 0.1) is 6.92 Å². The van der Waals surface area contributed by atoms with Gasteiger partial charge in [0.2, 0.25) is 6.79 Å². The van der Waals surface area contributed by atoms with Crippen LogP contribution in [0.1, 0.15) is 11.1 Å². The third-order valence-electron chi connectivity index (χ3n) is 5.59. The van der Waals surface area contributed by atoms with Crippen molar-refractivity contribution in [3.8, 4) is 34.1 Å². The van der Waals surface area contributed by atoms with Crippen LogP contribution in [0.15, 0.2) is 64.8 Å². The first-order chi connectivity index (χ1) is 16.6. The maximum absolute atomic E-state index is 12.5. The molecule has 3 aromatic carbocycles. The molecule has 0 saturated carbocycles. The number of carbonyl (C=O) groups excluding carboxylic acids is 1. The van der Waals surface area contributed by atoms with E-state index in [1.165, 1.54) is 0 Å². The molecule has 0 atom stereocenters. The number of hydrazone groups is 2. The van der Waals surface area contributed by atoms with Crippen molar-refractivity contribution in [1.29, 1.82) is 0 Å². The third-order valence-corrected chi connectivity index (χ3v) is 5.59. The first kappa shape index (κ1) is 21.3. The van der Waals surface area contributed by atoms with Crippen molar-refractivity contribution in [3.63, 3.8) is 0 Å². The predicted molar refractivity (Wildman–Crippen MR) is 128 cm³/mol. The van der Waals surface area contributed by atoms with E-state index < -0.39 is 5.91 Å². The smallest absolute Gasteiger partial charge is 0.294 e. The molecule has 0 saturated heterocycles. The molecular weight excluding hydrogens is 436 g/mol. The molecule has 2 aliphatic rings. The zero-order chi connectivity index (χ0) is 23.7. The highest BCUT2D eigenvalue weighted by Crippen LogP contribution is 2.37. The van der Waals surface area contributed by atoms with Gasteiger partial charge >= 0.3 is 0 Å². The minimum absolute atomic E-state index is 0.147. The number of carbonyl (C=O) groups is 1. The molecule has 0 aliphatic carbocycles. The Kier molecular flexibility index (Phi) is 5.51. The minimum Gasteiger partial charge on any atom is -0.497 e. The standard InChI is InChI=1S/C25H22N4O5/c1-14-4-6-16(11-19(14)15-5-9-20-22(10-15)34-13-33-20)26-28-24-23(27-29-25(24)30)18-8-7-17(31-2)12-21(18)32-3/h4-12,26H,13H2,1-3H3,(H,28,29,30). The van der Waals surface area contributed by atoms with Gasteiger partial charge in [-0.3, -0.25) is 10.2 Å². The van der Waals surface area contributed by atoms with E-state index in [-0.39, 0.29) is 12.5 Å². The number of methoxy groups -OCH3 is 2. The Labute approximate surface area is 196 Å². The van der Waals surface area contributed by atoms with Gasteiger partial charge in [0, 0.05) is 11.6 Å². The molecule has 2 heterocycles. The Hall–Kier alpha value is -4.53. The molecule has 0 aromatic heterocycles. The molecule has 34 heavy (non-hydrogen) atoms. The van der Waals surface area contributed by atoms with E-state index in [4.69, 9.17) is 18.9 Å². The van der Waals surface area contributed by atoms with Crippen molar-refractivity contribution in [2.24, 2.45) is 10.2 Å². The van der Waals surface area contributed by atoms with Crippen LogP contribution >= 0.6 is 0 Å². The van der Waals surface area contributed by atoms with Crippen LogP contribution in [-0.2, 0) is 4.79 Å². The maximum atomic E-state index is 12.5. The van der Waals surface area contributed by atoms with Crippen molar-refractivity contribution in [3.05, 3.63) is 65.7 Å². The molecule has 9 heteroatoms. The Morgan fingerprint density at radius 2 is 1.82 bits per heavy atom. The van der Waals surface area contributed by atoms with Gasteiger partial charge in [-0.1, -0.05) is 12.1 Å². The lowest BCUT2D eigenvalue weighted by atomic mass is 9.99. The summed E-state index contributed by atoms with van der Waals surface area (Å²) in [5, 5.41) is 8.52. The Bertz CT molecular complexity index is 1350. The van der Waals surface area contributed by atoms with Gasteiger partial charge in [-0.25, -0.2) is 5.43 Å². The summed E-state index contributed by atoms with van der Waals surface area (Å²) in [5.41, 5.74) is 10.4. The number of anilines is 1. The van der Waals surface area contributed by atoms with E-state index in [1.807, 2.05) is 43.3 Å². The van der Waals surface area contributed by atoms with E-state index in [1.54, 1.807) is 32.4 Å². The molecule has 9 nitrogen and oxygen atoms in total. The molecule has 0 spiro atoms. The monoisotopic (exact) mass is 458 g/mol. The van der Waals surface area contributed by atoms with Crippen molar-refractivity contribution >= 4 is 23.0 Å². The fraction of sp³-hybridized carbons (Fsp3) is 0.160. The highest BCUT2D eigenvalue weighted by molar-refractivity contribution is 6.72. The zero-order valence-electron chi connectivity index (χ0n) is 18.8. The number of amides is 1. The van der Waals surface area contributed by atoms with Gasteiger partial charge in [0.15, 0.2) is 17.2 Å². The molecule has 0 unspecified atom stereocenters. The van der Waals surface area contributed by atoms with Crippen LogP contribution in [0.2, 0.25) is 0 Å². The second kappa shape index (κ2) is 8.78. The Balaban J connectivity index is 1.44. The highest BCUT2D eigenvalue weighted by atomic mass is 16.7. The molecule has 3 aromatic rings. The third kappa shape index (κ3) is 3.88. The Morgan fingerprint density at radius 3 is 2.65 bits per heavy atom. The van der Waals surface area contributed by atoms with E-state index in [2.05, 4.69) is 21.1 Å². The lowest BCUT2D eigenvalue weighted by molar-refractivity contribution is -0.114. The summed E-state index contributed by atoms with van der Waals surface area (Å²) in [6.45, 7) is 2.25. The van der Waals surface area contributed by atoms with Crippen molar-refractivity contribution in [2.75, 3.05) is 26.4 Å². The molecule has 172 valence electrons. The minimum atomic E-state index is -0.413. The van der Waals surface area contributed by atoms with Crippen molar-refractivity contribution < 1.29 is 23.7 Å². The number of nitrogens with zero attached hydrogens (tertiary/aromatic N) is 2. The van der Waals surface area contributed by atoms with Crippen molar-refractivity contribution in [1.82, 2.24) is 5.43 Å². The summed E-state index contributed by atoms with van der Waals surface area (Å²) in [7, 11) is 3.12. The highest BCUT2D eigenvalue weighted by Gasteiger charge is 2.28. The average molecular weight is 458 g/mol. The van der Waals surface area contributed by atoms with Crippen LogP contribution in [-0.4, -0.2) is 38.3 Å². The molecule has 2 N–H and O–H groups in total. The molecule has 0 bridgehead atoms. The second-order valence-electron chi connectivity index (χ2n) is 7.64.